The Labute approximate surface area is 93.9 Å². The lowest BCUT2D eigenvalue weighted by atomic mass is 10.3. The second kappa shape index (κ2) is 5.14. The van der Waals surface area contributed by atoms with Gasteiger partial charge in [0.05, 0.1) is 12.6 Å². The molecule has 1 aromatic rings. The molecule has 1 heterocycles. The van der Waals surface area contributed by atoms with Gasteiger partial charge in [-0.15, -0.1) is 0 Å². The third-order valence-corrected chi connectivity index (χ3v) is 2.71. The van der Waals surface area contributed by atoms with Crippen LogP contribution in [0.5, 0.6) is 0 Å². The Bertz CT molecular complexity index is 356. The zero-order chi connectivity index (χ0) is 11.4. The molecule has 0 spiro atoms. The van der Waals surface area contributed by atoms with Crippen molar-refractivity contribution in [3.63, 3.8) is 0 Å². The Morgan fingerprint density at radius 2 is 2.25 bits per heavy atom. The first-order chi connectivity index (χ1) is 7.79. The zero-order valence-corrected chi connectivity index (χ0v) is 9.07. The van der Waals surface area contributed by atoms with E-state index in [1.165, 1.54) is 12.8 Å². The Morgan fingerprint density at radius 3 is 2.88 bits per heavy atom. The smallest absolute Gasteiger partial charge is 0.310 e. The van der Waals surface area contributed by atoms with Crippen molar-refractivity contribution in [1.29, 1.82) is 0 Å². The molecule has 88 valence electrons. The Morgan fingerprint density at radius 1 is 1.50 bits per heavy atom. The van der Waals surface area contributed by atoms with Crippen LogP contribution in [0.25, 0.3) is 0 Å². The van der Waals surface area contributed by atoms with Crippen molar-refractivity contribution in [2.75, 3.05) is 0 Å². The van der Waals surface area contributed by atoms with E-state index in [1.54, 1.807) is 12.1 Å². The van der Waals surface area contributed by atoms with Gasteiger partial charge < -0.3 is 10.2 Å². The summed E-state index contributed by atoms with van der Waals surface area (Å²) >= 11 is 0. The summed E-state index contributed by atoms with van der Waals surface area (Å²) in [5, 5.41) is 0. The summed E-state index contributed by atoms with van der Waals surface area (Å²) in [6.07, 6.45) is 4.49. The highest BCUT2D eigenvalue weighted by Crippen LogP contribution is 2.20. The van der Waals surface area contributed by atoms with Crippen LogP contribution in [0.4, 0.5) is 0 Å². The van der Waals surface area contributed by atoms with Crippen molar-refractivity contribution >= 4 is 5.91 Å². The molecule has 1 aromatic heterocycles. The third-order valence-electron chi connectivity index (χ3n) is 2.71. The second-order valence-electron chi connectivity index (χ2n) is 3.93. The van der Waals surface area contributed by atoms with Crippen LogP contribution in [0.3, 0.4) is 0 Å². The molecule has 0 bridgehead atoms. The molecule has 5 nitrogen and oxygen atoms in total. The quantitative estimate of drug-likeness (QED) is 0.756. The van der Waals surface area contributed by atoms with Gasteiger partial charge in [0.2, 0.25) is 0 Å². The molecule has 0 aromatic carbocycles. The number of carbonyl (C=O) groups excluding carboxylic acids is 1. The SMILES string of the molecule is NCc1ccc(C(=O)NOC2CCCC2)o1. The maximum atomic E-state index is 11.6. The largest absolute Gasteiger partial charge is 0.454 e. The number of hydrogen-bond donors (Lipinski definition) is 2. The van der Waals surface area contributed by atoms with Gasteiger partial charge in [-0.25, -0.2) is 5.48 Å². The maximum absolute atomic E-state index is 11.6. The molecule has 3 N–H and O–H groups in total. The maximum Gasteiger partial charge on any atom is 0.310 e. The van der Waals surface area contributed by atoms with E-state index in [1.807, 2.05) is 0 Å². The molecule has 0 radical (unpaired) electrons. The number of furan rings is 1. The van der Waals surface area contributed by atoms with Crippen molar-refractivity contribution in [2.45, 2.75) is 38.3 Å². The zero-order valence-electron chi connectivity index (χ0n) is 9.07. The summed E-state index contributed by atoms with van der Waals surface area (Å²) in [7, 11) is 0. The molecule has 0 aliphatic heterocycles. The Kier molecular flexibility index (Phi) is 3.58. The number of carbonyl (C=O) groups is 1. The topological polar surface area (TPSA) is 77.5 Å². The number of nitrogens with one attached hydrogen (secondary N) is 1. The highest BCUT2D eigenvalue weighted by Gasteiger charge is 2.18. The van der Waals surface area contributed by atoms with Crippen molar-refractivity contribution in [1.82, 2.24) is 5.48 Å². The van der Waals surface area contributed by atoms with Gasteiger partial charge in [0, 0.05) is 0 Å². The van der Waals surface area contributed by atoms with Crippen LogP contribution in [0, 0.1) is 0 Å². The molecule has 16 heavy (non-hydrogen) atoms. The minimum Gasteiger partial charge on any atom is -0.454 e. The number of amides is 1. The Hall–Kier alpha value is -1.33. The molecule has 0 saturated heterocycles. The van der Waals surface area contributed by atoms with E-state index in [2.05, 4.69) is 5.48 Å². The monoisotopic (exact) mass is 224 g/mol. The Balaban J connectivity index is 1.82. The predicted octanol–water partition coefficient (Wildman–Crippen LogP) is 1.34. The number of hydrogen-bond acceptors (Lipinski definition) is 4. The number of hydroxylamine groups is 1. The van der Waals surface area contributed by atoms with E-state index in [-0.39, 0.29) is 24.3 Å². The van der Waals surface area contributed by atoms with Crippen LogP contribution in [0.15, 0.2) is 16.5 Å². The predicted molar refractivity (Wildman–Crippen MR) is 57.4 cm³/mol. The minimum absolute atomic E-state index is 0.146. The molecule has 2 rings (SSSR count). The van der Waals surface area contributed by atoms with E-state index in [4.69, 9.17) is 15.0 Å². The first-order valence-electron chi connectivity index (χ1n) is 5.54. The lowest BCUT2D eigenvalue weighted by molar-refractivity contribution is -0.0139. The van der Waals surface area contributed by atoms with Crippen LogP contribution in [0.1, 0.15) is 42.0 Å². The van der Waals surface area contributed by atoms with Gasteiger partial charge in [-0.2, -0.15) is 0 Å². The van der Waals surface area contributed by atoms with Crippen LogP contribution in [-0.2, 0) is 11.4 Å². The lowest BCUT2D eigenvalue weighted by Crippen LogP contribution is -2.27. The van der Waals surface area contributed by atoms with Gasteiger partial charge in [-0.1, -0.05) is 12.8 Å². The molecule has 5 heteroatoms. The van der Waals surface area contributed by atoms with E-state index in [0.29, 0.717) is 5.76 Å². The normalized spacial score (nSPS) is 16.6. The first kappa shape index (κ1) is 11.2. The average Bonchev–Trinajstić information content (AvgIpc) is 2.96. The van der Waals surface area contributed by atoms with Gasteiger partial charge in [0.25, 0.3) is 0 Å². The van der Waals surface area contributed by atoms with Crippen LogP contribution in [0.2, 0.25) is 0 Å². The van der Waals surface area contributed by atoms with Crippen molar-refractivity contribution in [3.8, 4) is 0 Å². The fourth-order valence-electron chi connectivity index (χ4n) is 1.80. The number of nitrogens with two attached hydrogens (primary N) is 1. The third kappa shape index (κ3) is 2.62. The average molecular weight is 224 g/mol. The lowest BCUT2D eigenvalue weighted by Gasteiger charge is -2.09. The summed E-state index contributed by atoms with van der Waals surface area (Å²) in [6.45, 7) is 0.288. The minimum atomic E-state index is -0.355. The summed E-state index contributed by atoms with van der Waals surface area (Å²) in [5.74, 6) is 0.469. The van der Waals surface area contributed by atoms with Gasteiger partial charge in [0.15, 0.2) is 5.76 Å². The molecule has 0 atom stereocenters. The van der Waals surface area contributed by atoms with E-state index >= 15 is 0 Å². The fraction of sp³-hybridized carbons (Fsp3) is 0.545. The van der Waals surface area contributed by atoms with Gasteiger partial charge >= 0.3 is 5.91 Å². The highest BCUT2D eigenvalue weighted by atomic mass is 16.7. The van der Waals surface area contributed by atoms with E-state index in [0.717, 1.165) is 12.8 Å². The van der Waals surface area contributed by atoms with Gasteiger partial charge in [0.1, 0.15) is 5.76 Å². The van der Waals surface area contributed by atoms with Crippen molar-refractivity contribution in [3.05, 3.63) is 23.7 Å². The fourth-order valence-corrected chi connectivity index (χ4v) is 1.80. The summed E-state index contributed by atoms with van der Waals surface area (Å²) in [6, 6.07) is 3.28. The van der Waals surface area contributed by atoms with Crippen molar-refractivity contribution < 1.29 is 14.0 Å². The molecule has 1 fully saturated rings. The summed E-state index contributed by atoms with van der Waals surface area (Å²) in [4.78, 5) is 16.8. The molecule has 1 aliphatic rings. The summed E-state index contributed by atoms with van der Waals surface area (Å²) < 4.78 is 5.19. The molecular weight excluding hydrogens is 208 g/mol. The number of rotatable bonds is 4. The molecule has 1 amide bonds. The molecule has 1 saturated carbocycles. The first-order valence-corrected chi connectivity index (χ1v) is 5.54. The van der Waals surface area contributed by atoms with Crippen molar-refractivity contribution in [2.24, 2.45) is 5.73 Å². The molecule has 0 unspecified atom stereocenters. The van der Waals surface area contributed by atoms with E-state index in [9.17, 15) is 4.79 Å². The van der Waals surface area contributed by atoms with Crippen LogP contribution >= 0.6 is 0 Å². The van der Waals surface area contributed by atoms with Crippen LogP contribution < -0.4 is 11.2 Å². The van der Waals surface area contributed by atoms with Crippen LogP contribution in [-0.4, -0.2) is 12.0 Å². The molecular formula is C11H16N2O3. The van der Waals surface area contributed by atoms with Gasteiger partial charge in [-0.3, -0.25) is 9.63 Å². The van der Waals surface area contributed by atoms with Gasteiger partial charge in [-0.05, 0) is 25.0 Å². The second-order valence-corrected chi connectivity index (χ2v) is 3.93. The highest BCUT2D eigenvalue weighted by molar-refractivity contribution is 5.90. The molecule has 1 aliphatic carbocycles. The van der Waals surface area contributed by atoms with E-state index < -0.39 is 0 Å². The summed E-state index contributed by atoms with van der Waals surface area (Å²) in [5.41, 5.74) is 7.78. The standard InChI is InChI=1S/C11H16N2O3/c12-7-9-5-6-10(15-9)11(14)13-16-8-3-1-2-4-8/h5-6,8H,1-4,7,12H2,(H,13,14).